The van der Waals surface area contributed by atoms with Crippen molar-refractivity contribution in [3.63, 3.8) is 0 Å². The number of nitrogens with zero attached hydrogens (tertiary/aromatic N) is 1. The van der Waals surface area contributed by atoms with Crippen LogP contribution in [0.25, 0.3) is 0 Å². The minimum atomic E-state index is -0.268. The Bertz CT molecular complexity index is 499. The maximum atomic E-state index is 12.3. The summed E-state index contributed by atoms with van der Waals surface area (Å²) in [6, 6.07) is 3.03. The number of aromatic hydroxyl groups is 1. The number of carbonyl (C=O) groups excluding carboxylic acids is 2. The van der Waals surface area contributed by atoms with Gasteiger partial charge in [0.1, 0.15) is 5.75 Å². The zero-order valence-corrected chi connectivity index (χ0v) is 12.7. The normalized spacial score (nSPS) is 10.1. The predicted octanol–water partition coefficient (Wildman–Crippen LogP) is 2.60. The number of nitrogens with one attached hydrogen (secondary N) is 1. The lowest BCUT2D eigenvalue weighted by Gasteiger charge is -2.20. The molecule has 0 spiro atoms. The Kier molecular flexibility index (Phi) is 5.35. The van der Waals surface area contributed by atoms with Gasteiger partial charge in [-0.15, -0.1) is 0 Å². The largest absolute Gasteiger partial charge is 0.506 e. The number of halogens is 1. The minimum absolute atomic E-state index is 0.119. The fourth-order valence-electron chi connectivity index (χ4n) is 1.72. The third kappa shape index (κ3) is 3.70. The fourth-order valence-corrected chi connectivity index (χ4v) is 2.18. The van der Waals surface area contributed by atoms with Gasteiger partial charge in [-0.1, -0.05) is 0 Å². The summed E-state index contributed by atoms with van der Waals surface area (Å²) in [5.41, 5.74) is 0.634. The minimum Gasteiger partial charge on any atom is -0.506 e. The zero-order chi connectivity index (χ0) is 14.6. The molecule has 0 heterocycles. The van der Waals surface area contributed by atoms with Crippen LogP contribution in [0.5, 0.6) is 5.75 Å². The van der Waals surface area contributed by atoms with Gasteiger partial charge in [-0.25, -0.2) is 0 Å². The lowest BCUT2D eigenvalue weighted by Crippen LogP contribution is -2.30. The van der Waals surface area contributed by atoms with Crippen LogP contribution in [0.4, 0.5) is 5.69 Å². The number of amides is 2. The number of phenolic OH excluding ortho intramolecular Hbond substituents is 1. The number of rotatable bonds is 4. The Morgan fingerprint density at radius 3 is 2.37 bits per heavy atom. The average Bonchev–Trinajstić information content (AvgIpc) is 2.34. The molecule has 2 amide bonds. The second kappa shape index (κ2) is 6.56. The molecule has 0 aromatic heterocycles. The average molecular weight is 329 g/mol. The van der Waals surface area contributed by atoms with E-state index in [9.17, 15) is 14.7 Å². The molecular formula is C13H17BrN2O3. The van der Waals surface area contributed by atoms with Crippen molar-refractivity contribution >= 4 is 33.4 Å². The second-order valence-electron chi connectivity index (χ2n) is 4.01. The first-order valence-corrected chi connectivity index (χ1v) is 6.79. The van der Waals surface area contributed by atoms with E-state index >= 15 is 0 Å². The summed E-state index contributed by atoms with van der Waals surface area (Å²) >= 11 is 3.18. The molecule has 1 aromatic carbocycles. The Morgan fingerprint density at radius 2 is 1.89 bits per heavy atom. The highest BCUT2D eigenvalue weighted by Gasteiger charge is 2.19. The van der Waals surface area contributed by atoms with E-state index < -0.39 is 0 Å². The van der Waals surface area contributed by atoms with Crippen molar-refractivity contribution in [2.24, 2.45) is 0 Å². The molecule has 0 fully saturated rings. The molecule has 2 N–H and O–H groups in total. The molecule has 1 aromatic rings. The highest BCUT2D eigenvalue weighted by Crippen LogP contribution is 2.32. The van der Waals surface area contributed by atoms with Crippen molar-refractivity contribution in [3.8, 4) is 5.75 Å². The summed E-state index contributed by atoms with van der Waals surface area (Å²) < 4.78 is 0.370. The van der Waals surface area contributed by atoms with Gasteiger partial charge in [-0.2, -0.15) is 0 Å². The molecule has 19 heavy (non-hydrogen) atoms. The van der Waals surface area contributed by atoms with Crippen molar-refractivity contribution in [1.29, 1.82) is 0 Å². The highest BCUT2D eigenvalue weighted by atomic mass is 79.9. The van der Waals surface area contributed by atoms with Gasteiger partial charge in [0.25, 0.3) is 5.91 Å². The Hall–Kier alpha value is -1.56. The third-order valence-electron chi connectivity index (χ3n) is 2.66. The van der Waals surface area contributed by atoms with E-state index in [4.69, 9.17) is 0 Å². The Balaban J connectivity index is 3.22. The second-order valence-corrected chi connectivity index (χ2v) is 4.87. The van der Waals surface area contributed by atoms with Crippen LogP contribution in [-0.2, 0) is 4.79 Å². The topological polar surface area (TPSA) is 69.6 Å². The van der Waals surface area contributed by atoms with Crippen molar-refractivity contribution in [1.82, 2.24) is 4.90 Å². The van der Waals surface area contributed by atoms with Crippen LogP contribution in [0.3, 0.4) is 0 Å². The van der Waals surface area contributed by atoms with E-state index in [-0.39, 0.29) is 23.1 Å². The van der Waals surface area contributed by atoms with Crippen molar-refractivity contribution in [2.45, 2.75) is 20.8 Å². The smallest absolute Gasteiger partial charge is 0.257 e. The van der Waals surface area contributed by atoms with Gasteiger partial charge in [0.2, 0.25) is 5.91 Å². The highest BCUT2D eigenvalue weighted by molar-refractivity contribution is 9.10. The molecular weight excluding hydrogens is 312 g/mol. The molecule has 0 aliphatic heterocycles. The van der Waals surface area contributed by atoms with Crippen molar-refractivity contribution in [3.05, 3.63) is 22.2 Å². The van der Waals surface area contributed by atoms with Crippen LogP contribution in [0.1, 0.15) is 31.1 Å². The standard InChI is InChI=1S/C13H17BrN2O3/c1-4-16(5-2)13(19)10-6-9(15-8(3)17)7-11(14)12(10)18/h6-7,18H,4-5H2,1-3H3,(H,15,17). The number of phenols is 1. The van der Waals surface area contributed by atoms with Gasteiger partial charge >= 0.3 is 0 Å². The molecule has 0 aliphatic carbocycles. The molecule has 0 aliphatic rings. The summed E-state index contributed by atoms with van der Waals surface area (Å²) in [6.07, 6.45) is 0. The molecule has 0 bridgehead atoms. The molecule has 0 radical (unpaired) electrons. The van der Waals surface area contributed by atoms with Crippen molar-refractivity contribution in [2.75, 3.05) is 18.4 Å². The third-order valence-corrected chi connectivity index (χ3v) is 3.27. The first kappa shape index (κ1) is 15.5. The van der Waals surface area contributed by atoms with Crippen LogP contribution < -0.4 is 5.32 Å². The summed E-state index contributed by atoms with van der Waals surface area (Å²) in [5.74, 6) is -0.625. The molecule has 0 atom stereocenters. The molecule has 0 unspecified atom stereocenters. The number of anilines is 1. The van der Waals surface area contributed by atoms with Gasteiger partial charge in [0, 0.05) is 25.7 Å². The van der Waals surface area contributed by atoms with E-state index in [0.29, 0.717) is 23.2 Å². The SMILES string of the molecule is CCN(CC)C(=O)c1cc(NC(C)=O)cc(Br)c1O. The Labute approximate surface area is 120 Å². The van der Waals surface area contributed by atoms with E-state index in [2.05, 4.69) is 21.2 Å². The van der Waals surface area contributed by atoms with E-state index in [1.54, 1.807) is 11.0 Å². The maximum Gasteiger partial charge on any atom is 0.257 e. The van der Waals surface area contributed by atoms with Gasteiger partial charge in [0.15, 0.2) is 0 Å². The molecule has 0 saturated carbocycles. The maximum absolute atomic E-state index is 12.3. The van der Waals surface area contributed by atoms with Crippen LogP contribution in [0, 0.1) is 0 Å². The van der Waals surface area contributed by atoms with Gasteiger partial charge in [-0.05, 0) is 41.9 Å². The first-order valence-electron chi connectivity index (χ1n) is 6.00. The quantitative estimate of drug-likeness (QED) is 0.834. The Morgan fingerprint density at radius 1 is 1.32 bits per heavy atom. The van der Waals surface area contributed by atoms with Gasteiger partial charge in [0.05, 0.1) is 10.0 Å². The van der Waals surface area contributed by atoms with Crippen molar-refractivity contribution < 1.29 is 14.7 Å². The summed E-state index contributed by atoms with van der Waals surface area (Å²) in [5, 5.41) is 12.6. The number of hydrogen-bond donors (Lipinski definition) is 2. The van der Waals surface area contributed by atoms with Gasteiger partial charge < -0.3 is 15.3 Å². The molecule has 5 nitrogen and oxygen atoms in total. The molecule has 1 rings (SSSR count). The van der Waals surface area contributed by atoms with Crippen LogP contribution in [-0.4, -0.2) is 34.9 Å². The van der Waals surface area contributed by atoms with Crippen LogP contribution in [0.15, 0.2) is 16.6 Å². The number of hydrogen-bond acceptors (Lipinski definition) is 3. The van der Waals surface area contributed by atoms with E-state index in [0.717, 1.165) is 0 Å². The van der Waals surface area contributed by atoms with Crippen LogP contribution in [0.2, 0.25) is 0 Å². The summed E-state index contributed by atoms with van der Waals surface area (Å²) in [6.45, 7) is 6.22. The van der Waals surface area contributed by atoms with Gasteiger partial charge in [-0.3, -0.25) is 9.59 Å². The molecule has 104 valence electrons. The molecule has 6 heteroatoms. The van der Waals surface area contributed by atoms with E-state index in [1.165, 1.54) is 13.0 Å². The van der Waals surface area contributed by atoms with E-state index in [1.807, 2.05) is 13.8 Å². The lowest BCUT2D eigenvalue weighted by atomic mass is 10.1. The lowest BCUT2D eigenvalue weighted by molar-refractivity contribution is -0.114. The zero-order valence-electron chi connectivity index (χ0n) is 11.2. The monoisotopic (exact) mass is 328 g/mol. The molecule has 0 saturated heterocycles. The summed E-state index contributed by atoms with van der Waals surface area (Å²) in [7, 11) is 0. The first-order chi connectivity index (χ1) is 8.90. The fraction of sp³-hybridized carbons (Fsp3) is 0.385. The number of benzene rings is 1. The number of carbonyl (C=O) groups is 2. The summed E-state index contributed by atoms with van der Waals surface area (Å²) in [4.78, 5) is 24.9. The van der Waals surface area contributed by atoms with Crippen LogP contribution >= 0.6 is 15.9 Å². The predicted molar refractivity (Wildman–Crippen MR) is 77.4 cm³/mol.